The Morgan fingerprint density at radius 2 is 1.48 bits per heavy atom. The Balaban J connectivity index is 1.41. The third-order valence-corrected chi connectivity index (χ3v) is 12.4. The summed E-state index contributed by atoms with van der Waals surface area (Å²) in [5.41, 5.74) is 8.75. The monoisotopic (exact) mass is 751 g/mol. The molecule has 1 aromatic carbocycles. The second kappa shape index (κ2) is 15.2. The van der Waals surface area contributed by atoms with Crippen LogP contribution < -0.4 is 26.6 Å². The van der Waals surface area contributed by atoms with Gasteiger partial charge < -0.3 is 35.9 Å². The summed E-state index contributed by atoms with van der Waals surface area (Å²) in [6, 6.07) is 4.98. The molecule has 0 aliphatic carbocycles. The van der Waals surface area contributed by atoms with Gasteiger partial charge in [-0.25, -0.2) is 4.79 Å². The maximum absolute atomic E-state index is 14.2. The summed E-state index contributed by atoms with van der Waals surface area (Å²) in [7, 11) is 3.58. The number of hydrogen-bond donors (Lipinski definition) is 5. The van der Waals surface area contributed by atoms with Gasteiger partial charge in [0.2, 0.25) is 5.91 Å². The number of thiophene rings is 1. The van der Waals surface area contributed by atoms with Crippen molar-refractivity contribution in [3.8, 4) is 5.75 Å². The van der Waals surface area contributed by atoms with Gasteiger partial charge in [0.25, 0.3) is 11.8 Å². The van der Waals surface area contributed by atoms with Gasteiger partial charge in [0, 0.05) is 69.2 Å². The number of hydrogen-bond acceptors (Lipinski definition) is 6. The average Bonchev–Trinajstić information content (AvgIpc) is 3.90. The zero-order valence-electron chi connectivity index (χ0n) is 31.0. The molecule has 1 atom stereocenters. The summed E-state index contributed by atoms with van der Waals surface area (Å²) in [5, 5.41) is 23.2. The van der Waals surface area contributed by atoms with E-state index in [1.807, 2.05) is 65.5 Å². The van der Waals surface area contributed by atoms with Crippen molar-refractivity contribution in [3.63, 3.8) is 0 Å². The van der Waals surface area contributed by atoms with Crippen LogP contribution in [0.25, 0.3) is 10.1 Å². The fourth-order valence-corrected chi connectivity index (χ4v) is 8.83. The number of anilines is 1. The number of urea groups is 1. The van der Waals surface area contributed by atoms with Gasteiger partial charge in [-0.2, -0.15) is 0 Å². The Kier molecular flexibility index (Phi) is 11.4. The van der Waals surface area contributed by atoms with Crippen LogP contribution >= 0.6 is 22.9 Å². The zero-order valence-corrected chi connectivity index (χ0v) is 32.6. The largest absolute Gasteiger partial charge is 0.506 e. The van der Waals surface area contributed by atoms with Crippen LogP contribution in [0.15, 0.2) is 36.0 Å². The zero-order chi connectivity index (χ0) is 38.1. The van der Waals surface area contributed by atoms with E-state index < -0.39 is 17.0 Å². The average molecular weight is 752 g/mol. The number of phenolic OH excluding ortho intramolecular Hbond substituents is 1. The molecule has 0 fully saturated rings. The molecule has 0 spiro atoms. The van der Waals surface area contributed by atoms with Gasteiger partial charge in [-0.05, 0) is 72.4 Å². The third-order valence-electron chi connectivity index (χ3n) is 10.9. The first-order valence-electron chi connectivity index (χ1n) is 17.8. The number of aromatic hydroxyl groups is 1. The van der Waals surface area contributed by atoms with Crippen LogP contribution in [-0.4, -0.2) is 57.0 Å². The van der Waals surface area contributed by atoms with Crippen molar-refractivity contribution in [3.05, 3.63) is 69.6 Å². The number of amides is 5. The molecule has 0 saturated heterocycles. The molecule has 4 heterocycles. The third kappa shape index (κ3) is 6.88. The van der Waals surface area contributed by atoms with E-state index in [0.29, 0.717) is 55.2 Å². The van der Waals surface area contributed by atoms with E-state index in [-0.39, 0.29) is 42.5 Å². The maximum Gasteiger partial charge on any atom is 0.322 e. The molecule has 1 aliphatic rings. The Labute approximate surface area is 313 Å². The summed E-state index contributed by atoms with van der Waals surface area (Å²) in [4.78, 5) is 54.0. The highest BCUT2D eigenvalue weighted by molar-refractivity contribution is 7.17. The van der Waals surface area contributed by atoms with Crippen LogP contribution in [0.5, 0.6) is 5.75 Å². The van der Waals surface area contributed by atoms with Gasteiger partial charge in [0.05, 0.1) is 21.5 Å². The van der Waals surface area contributed by atoms with Crippen molar-refractivity contribution in [1.29, 1.82) is 0 Å². The summed E-state index contributed by atoms with van der Waals surface area (Å²) in [6.45, 7) is 10.5. The molecule has 14 heteroatoms. The van der Waals surface area contributed by atoms with Crippen LogP contribution in [-0.2, 0) is 30.0 Å². The predicted molar refractivity (Wildman–Crippen MR) is 207 cm³/mol. The number of benzene rings is 1. The minimum Gasteiger partial charge on any atom is -0.506 e. The number of fused-ring (bicyclic) bond motifs is 3. The quantitative estimate of drug-likeness (QED) is 0.0967. The van der Waals surface area contributed by atoms with Crippen molar-refractivity contribution in [1.82, 2.24) is 25.1 Å². The van der Waals surface area contributed by atoms with Gasteiger partial charge in [-0.1, -0.05) is 27.7 Å². The molecule has 52 heavy (non-hydrogen) atoms. The van der Waals surface area contributed by atoms with E-state index in [2.05, 4.69) is 16.0 Å². The van der Waals surface area contributed by atoms with E-state index in [9.17, 15) is 24.3 Å². The van der Waals surface area contributed by atoms with E-state index in [4.69, 9.17) is 17.3 Å². The number of carbonyl (C=O) groups is 4. The molecule has 12 nitrogen and oxygen atoms in total. The maximum atomic E-state index is 14.2. The SMILES string of the molecule is CCC(CC)(NC(=O)c1cc(C(CC)(CC)NC(=O)N2CC(CCl)c3c2cc(O)c2scc(C)c32)cn1C)c1cc(C(=O)NCCC(N)=O)n(C)c1. The summed E-state index contributed by atoms with van der Waals surface area (Å²) in [5.74, 6) is -0.735. The number of nitrogens with zero attached hydrogens (tertiary/aromatic N) is 3. The van der Waals surface area contributed by atoms with Crippen molar-refractivity contribution in [2.75, 3.05) is 23.9 Å². The minimum absolute atomic E-state index is 0.0380. The minimum atomic E-state index is -0.792. The first-order valence-corrected chi connectivity index (χ1v) is 19.2. The van der Waals surface area contributed by atoms with Crippen LogP contribution in [0.4, 0.5) is 10.5 Å². The summed E-state index contributed by atoms with van der Waals surface area (Å²) in [6.07, 6.45) is 6.04. The molecule has 6 N–H and O–H groups in total. The lowest BCUT2D eigenvalue weighted by Gasteiger charge is -2.34. The van der Waals surface area contributed by atoms with Gasteiger partial charge in [-0.3, -0.25) is 19.3 Å². The Morgan fingerprint density at radius 1 is 0.923 bits per heavy atom. The molecule has 3 aromatic heterocycles. The van der Waals surface area contributed by atoms with Crippen LogP contribution in [0, 0.1) is 6.92 Å². The number of rotatable bonds is 14. The number of alkyl halides is 1. The first kappa shape index (κ1) is 38.7. The highest BCUT2D eigenvalue weighted by Crippen LogP contribution is 2.48. The number of aromatic nitrogens is 2. The molecule has 5 rings (SSSR count). The lowest BCUT2D eigenvalue weighted by atomic mass is 9.85. The topological polar surface area (TPSA) is 164 Å². The van der Waals surface area contributed by atoms with Crippen molar-refractivity contribution in [2.24, 2.45) is 19.8 Å². The fourth-order valence-electron chi connectivity index (χ4n) is 7.59. The molecule has 5 amide bonds. The Morgan fingerprint density at radius 3 is 2.02 bits per heavy atom. The fraction of sp³-hybridized carbons (Fsp3) is 0.474. The Hall–Kier alpha value is -4.49. The highest BCUT2D eigenvalue weighted by atomic mass is 35.5. The standard InChI is InChI=1S/C38H50ClN7O5S/c1-8-37(9-2,24-14-27(44(6)19-24)34(49)41-13-12-30(40)48)42-35(50)28-15-25(20-45(28)7)38(10-3,11-4)43-36(51)46-18-23(17-39)32-26(46)16-29(47)33-31(32)22(5)21-52-33/h14-16,19-21,23,47H,8-13,17-18H2,1-7H3,(H2,40,48)(H,41,49)(H,42,50)(H,43,51). The molecule has 4 aromatic rings. The first-order chi connectivity index (χ1) is 24.7. The molecular formula is C38H50ClN7O5S. The summed E-state index contributed by atoms with van der Waals surface area (Å²) < 4.78 is 4.28. The van der Waals surface area contributed by atoms with Gasteiger partial charge in [-0.15, -0.1) is 22.9 Å². The van der Waals surface area contributed by atoms with Gasteiger partial charge in [0.15, 0.2) is 0 Å². The smallest absolute Gasteiger partial charge is 0.322 e. The predicted octanol–water partition coefficient (Wildman–Crippen LogP) is 6.21. The van der Waals surface area contributed by atoms with Crippen molar-refractivity contribution < 1.29 is 24.3 Å². The molecule has 0 saturated carbocycles. The van der Waals surface area contributed by atoms with E-state index in [1.165, 1.54) is 11.3 Å². The van der Waals surface area contributed by atoms with Gasteiger partial charge in [0.1, 0.15) is 17.1 Å². The molecule has 280 valence electrons. The van der Waals surface area contributed by atoms with Crippen LogP contribution in [0.3, 0.4) is 0 Å². The molecule has 1 unspecified atom stereocenters. The molecule has 0 bridgehead atoms. The number of phenols is 1. The molecule has 1 aliphatic heterocycles. The van der Waals surface area contributed by atoms with Gasteiger partial charge >= 0.3 is 6.03 Å². The number of aryl methyl sites for hydroxylation is 3. The lowest BCUT2D eigenvalue weighted by Crippen LogP contribution is -2.51. The summed E-state index contributed by atoms with van der Waals surface area (Å²) >= 11 is 7.95. The van der Waals surface area contributed by atoms with Crippen molar-refractivity contribution >= 4 is 62.5 Å². The number of primary amides is 1. The highest BCUT2D eigenvalue weighted by Gasteiger charge is 2.40. The number of nitrogens with one attached hydrogen (secondary N) is 3. The number of halogens is 1. The van der Waals surface area contributed by atoms with E-state index >= 15 is 0 Å². The van der Waals surface area contributed by atoms with E-state index in [1.54, 1.807) is 33.2 Å². The second-order valence-corrected chi connectivity index (χ2v) is 15.0. The molecule has 0 radical (unpaired) electrons. The van der Waals surface area contributed by atoms with Crippen LogP contribution in [0.2, 0.25) is 0 Å². The van der Waals surface area contributed by atoms with Crippen molar-refractivity contribution in [2.45, 2.75) is 83.7 Å². The Bertz CT molecular complexity index is 2010. The van der Waals surface area contributed by atoms with E-state index in [0.717, 1.165) is 32.3 Å². The normalized spacial score (nSPS) is 14.5. The second-order valence-electron chi connectivity index (χ2n) is 13.8. The number of carbonyl (C=O) groups excluding carboxylic acids is 4. The molecular weight excluding hydrogens is 702 g/mol. The lowest BCUT2D eigenvalue weighted by molar-refractivity contribution is -0.117. The number of nitrogens with two attached hydrogens (primary N) is 1. The van der Waals surface area contributed by atoms with Crippen LogP contribution in [0.1, 0.15) is 109 Å².